The molecule has 0 atom stereocenters. The fourth-order valence-electron chi connectivity index (χ4n) is 3.01. The van der Waals surface area contributed by atoms with Gasteiger partial charge in [-0.05, 0) is 37.6 Å². The van der Waals surface area contributed by atoms with Gasteiger partial charge in [0.2, 0.25) is 5.91 Å². The highest BCUT2D eigenvalue weighted by atomic mass is 32.1. The van der Waals surface area contributed by atoms with Crippen LogP contribution in [0.3, 0.4) is 0 Å². The summed E-state index contributed by atoms with van der Waals surface area (Å²) in [5, 5.41) is 10.0. The van der Waals surface area contributed by atoms with Crippen molar-refractivity contribution in [1.82, 2.24) is 15.2 Å². The van der Waals surface area contributed by atoms with Crippen LogP contribution >= 0.6 is 22.7 Å². The lowest BCUT2D eigenvalue weighted by molar-refractivity contribution is -0.122. The van der Waals surface area contributed by atoms with Gasteiger partial charge in [0.25, 0.3) is 5.91 Å². The number of carbonyl (C=O) groups excluding carboxylic acids is 3. The Morgan fingerprint density at radius 3 is 2.76 bits per heavy atom. The zero-order chi connectivity index (χ0) is 20.6. The van der Waals surface area contributed by atoms with Crippen LogP contribution in [0.1, 0.15) is 41.6 Å². The van der Waals surface area contributed by atoms with Crippen LogP contribution in [0.25, 0.3) is 0 Å². The Morgan fingerprint density at radius 2 is 2.07 bits per heavy atom. The summed E-state index contributed by atoms with van der Waals surface area (Å²) in [5.74, 6) is -0.204. The van der Waals surface area contributed by atoms with Gasteiger partial charge in [0.1, 0.15) is 0 Å². The van der Waals surface area contributed by atoms with Crippen LogP contribution in [0.15, 0.2) is 22.9 Å². The molecule has 0 bridgehead atoms. The number of thiazole rings is 1. The van der Waals surface area contributed by atoms with Gasteiger partial charge in [-0.25, -0.2) is 9.78 Å². The predicted octanol–water partition coefficient (Wildman–Crippen LogP) is 3.13. The molecule has 1 aliphatic rings. The highest BCUT2D eigenvalue weighted by Gasteiger charge is 2.24. The van der Waals surface area contributed by atoms with E-state index in [9.17, 15) is 14.4 Å². The standard InChI is InChI=1S/C19H24N4O4S2/c1-2-27-19(26)23-9-7-13(8-10-23)20-16(24)6-5-14-12-29-18(21-14)22-17(25)15-4-3-11-28-15/h3-4,11-13H,2,5-10H2,1H3,(H,20,24)(H,21,22,25). The first kappa shape index (κ1) is 21.3. The van der Waals surface area contributed by atoms with E-state index in [1.807, 2.05) is 16.8 Å². The molecule has 3 heterocycles. The molecule has 1 fully saturated rings. The molecule has 0 unspecified atom stereocenters. The molecule has 10 heteroatoms. The molecule has 29 heavy (non-hydrogen) atoms. The number of carbonyl (C=O) groups is 3. The third-order valence-electron chi connectivity index (χ3n) is 4.51. The maximum absolute atomic E-state index is 12.2. The summed E-state index contributed by atoms with van der Waals surface area (Å²) in [6.07, 6.45) is 2.00. The van der Waals surface area contributed by atoms with Crippen LogP contribution in [0.2, 0.25) is 0 Å². The number of anilines is 1. The molecule has 1 saturated heterocycles. The number of amides is 3. The van der Waals surface area contributed by atoms with Gasteiger partial charge >= 0.3 is 6.09 Å². The smallest absolute Gasteiger partial charge is 0.409 e. The van der Waals surface area contributed by atoms with Crippen molar-refractivity contribution < 1.29 is 19.1 Å². The monoisotopic (exact) mass is 436 g/mol. The van der Waals surface area contributed by atoms with Crippen LogP contribution in [0.5, 0.6) is 0 Å². The van der Waals surface area contributed by atoms with Gasteiger partial charge in [-0.15, -0.1) is 22.7 Å². The largest absolute Gasteiger partial charge is 0.450 e. The van der Waals surface area contributed by atoms with Crippen LogP contribution in [-0.2, 0) is 16.0 Å². The number of hydrogen-bond donors (Lipinski definition) is 2. The van der Waals surface area contributed by atoms with Gasteiger partial charge in [-0.2, -0.15) is 0 Å². The van der Waals surface area contributed by atoms with E-state index in [0.29, 0.717) is 42.5 Å². The van der Waals surface area contributed by atoms with E-state index in [4.69, 9.17) is 4.74 Å². The second-order valence-corrected chi connectivity index (χ2v) is 8.41. The normalized spacial score (nSPS) is 14.4. The topological polar surface area (TPSA) is 101 Å². The van der Waals surface area contributed by atoms with Gasteiger partial charge in [-0.1, -0.05) is 6.07 Å². The summed E-state index contributed by atoms with van der Waals surface area (Å²) in [6, 6.07) is 3.66. The van der Waals surface area contributed by atoms with Crippen LogP contribution in [-0.4, -0.2) is 53.5 Å². The Labute approximate surface area is 177 Å². The van der Waals surface area contributed by atoms with Crippen molar-refractivity contribution >= 4 is 45.7 Å². The van der Waals surface area contributed by atoms with E-state index in [1.165, 1.54) is 22.7 Å². The van der Waals surface area contributed by atoms with Gasteiger partial charge < -0.3 is 15.0 Å². The van der Waals surface area contributed by atoms with E-state index in [2.05, 4.69) is 15.6 Å². The molecule has 0 radical (unpaired) electrons. The number of aromatic nitrogens is 1. The number of ether oxygens (including phenoxy) is 1. The zero-order valence-corrected chi connectivity index (χ0v) is 17.8. The summed E-state index contributed by atoms with van der Waals surface area (Å²) in [6.45, 7) is 3.33. The quantitative estimate of drug-likeness (QED) is 0.695. The van der Waals surface area contributed by atoms with E-state index in [0.717, 1.165) is 18.5 Å². The average molecular weight is 437 g/mol. The first-order chi connectivity index (χ1) is 14.0. The molecule has 0 aromatic carbocycles. The average Bonchev–Trinajstić information content (AvgIpc) is 3.39. The molecule has 2 N–H and O–H groups in total. The summed E-state index contributed by atoms with van der Waals surface area (Å²) < 4.78 is 5.00. The Morgan fingerprint density at radius 1 is 1.28 bits per heavy atom. The number of piperidine rings is 1. The highest BCUT2D eigenvalue weighted by molar-refractivity contribution is 7.14. The van der Waals surface area contributed by atoms with E-state index >= 15 is 0 Å². The zero-order valence-electron chi connectivity index (χ0n) is 16.2. The maximum atomic E-state index is 12.2. The minimum Gasteiger partial charge on any atom is -0.450 e. The van der Waals surface area contributed by atoms with E-state index < -0.39 is 0 Å². The first-order valence-electron chi connectivity index (χ1n) is 9.55. The Hall–Kier alpha value is -2.46. The number of likely N-dealkylation sites (tertiary alicyclic amines) is 1. The minimum atomic E-state index is -0.289. The SMILES string of the molecule is CCOC(=O)N1CCC(NC(=O)CCc2csc(NC(=O)c3cccs3)n2)CC1. The number of rotatable bonds is 7. The van der Waals surface area contributed by atoms with Crippen molar-refractivity contribution in [2.75, 3.05) is 25.0 Å². The lowest BCUT2D eigenvalue weighted by Gasteiger charge is -2.31. The number of hydrogen-bond acceptors (Lipinski definition) is 7. The highest BCUT2D eigenvalue weighted by Crippen LogP contribution is 2.19. The fraction of sp³-hybridized carbons (Fsp3) is 0.474. The molecule has 0 aliphatic carbocycles. The van der Waals surface area contributed by atoms with Crippen molar-refractivity contribution in [1.29, 1.82) is 0 Å². The summed E-state index contributed by atoms with van der Waals surface area (Å²) in [7, 11) is 0. The van der Waals surface area contributed by atoms with Crippen molar-refractivity contribution in [2.24, 2.45) is 0 Å². The molecule has 8 nitrogen and oxygen atoms in total. The second-order valence-electron chi connectivity index (χ2n) is 6.60. The lowest BCUT2D eigenvalue weighted by Crippen LogP contribution is -2.46. The van der Waals surface area contributed by atoms with Gasteiger partial charge in [0.05, 0.1) is 17.2 Å². The first-order valence-corrected chi connectivity index (χ1v) is 11.3. The molecule has 1 aliphatic heterocycles. The molecule has 3 rings (SSSR count). The predicted molar refractivity (Wildman–Crippen MR) is 112 cm³/mol. The van der Waals surface area contributed by atoms with E-state index in [1.54, 1.807) is 17.9 Å². The van der Waals surface area contributed by atoms with Crippen molar-refractivity contribution in [3.8, 4) is 0 Å². The molecule has 156 valence electrons. The summed E-state index contributed by atoms with van der Waals surface area (Å²) >= 11 is 2.72. The molecule has 2 aromatic rings. The van der Waals surface area contributed by atoms with Crippen LogP contribution in [0.4, 0.5) is 9.93 Å². The third kappa shape index (κ3) is 6.26. The van der Waals surface area contributed by atoms with Crippen molar-refractivity contribution in [3.63, 3.8) is 0 Å². The van der Waals surface area contributed by atoms with Crippen molar-refractivity contribution in [3.05, 3.63) is 33.5 Å². The van der Waals surface area contributed by atoms with E-state index in [-0.39, 0.29) is 23.9 Å². The second kappa shape index (κ2) is 10.4. The molecule has 3 amide bonds. The number of nitrogens with zero attached hydrogens (tertiary/aromatic N) is 2. The van der Waals surface area contributed by atoms with Crippen molar-refractivity contribution in [2.45, 2.75) is 38.6 Å². The molecular weight excluding hydrogens is 412 g/mol. The molecule has 0 saturated carbocycles. The van der Waals surface area contributed by atoms with Gasteiger partial charge in [0.15, 0.2) is 5.13 Å². The lowest BCUT2D eigenvalue weighted by atomic mass is 10.1. The minimum absolute atomic E-state index is 0.0308. The van der Waals surface area contributed by atoms with Crippen LogP contribution in [0, 0.1) is 0 Å². The molecule has 2 aromatic heterocycles. The summed E-state index contributed by atoms with van der Waals surface area (Å²) in [5.41, 5.74) is 0.781. The Bertz CT molecular complexity index is 829. The summed E-state index contributed by atoms with van der Waals surface area (Å²) in [4.78, 5) is 42.7. The Balaban J connectivity index is 1.37. The number of nitrogens with one attached hydrogen (secondary N) is 2. The van der Waals surface area contributed by atoms with Crippen LogP contribution < -0.4 is 10.6 Å². The maximum Gasteiger partial charge on any atom is 0.409 e. The fourth-order valence-corrected chi connectivity index (χ4v) is 4.37. The van der Waals surface area contributed by atoms with Gasteiger partial charge in [0, 0.05) is 30.9 Å². The third-order valence-corrected chi connectivity index (χ3v) is 6.19. The Kier molecular flexibility index (Phi) is 7.59. The van der Waals surface area contributed by atoms with Gasteiger partial charge in [-0.3, -0.25) is 14.9 Å². The molecular formula is C19H24N4O4S2. The number of thiophene rings is 1. The molecule has 0 spiro atoms. The number of aryl methyl sites for hydroxylation is 1.